The van der Waals surface area contributed by atoms with Crippen LogP contribution >= 0.6 is 11.6 Å². The number of benzene rings is 2. The molecule has 1 N–H and O–H groups in total. The maximum Gasteiger partial charge on any atom is 0.122 e. The monoisotopic (exact) mass is 285 g/mol. The molecular weight excluding hydrogens is 270 g/mol. The molecule has 2 aromatic carbocycles. The number of hydrogen-bond donors (Lipinski definition) is 1. The van der Waals surface area contributed by atoms with Gasteiger partial charge in [-0.1, -0.05) is 29.8 Å². The topological polar surface area (TPSA) is 25.0 Å². The van der Waals surface area contributed by atoms with Crippen LogP contribution in [-0.4, -0.2) is 12.1 Å². The van der Waals surface area contributed by atoms with Crippen LogP contribution in [0, 0.1) is 0 Å². The highest BCUT2D eigenvalue weighted by Gasteiger charge is 2.06. The van der Waals surface area contributed by atoms with Gasteiger partial charge in [-0.15, -0.1) is 0 Å². The molecule has 1 aromatic heterocycles. The third-order valence-electron chi connectivity index (χ3n) is 3.49. The normalized spacial score (nSPS) is 10.9. The number of aromatic nitrogens is 1. The third-order valence-corrected chi connectivity index (χ3v) is 3.73. The first-order valence-corrected chi connectivity index (χ1v) is 7.03. The number of nitrogens with one attached hydrogen (secondary N) is 1. The van der Waals surface area contributed by atoms with E-state index in [-0.39, 0.29) is 0 Å². The Morgan fingerprint density at radius 1 is 1.05 bits per heavy atom. The van der Waals surface area contributed by atoms with Gasteiger partial charge in [0, 0.05) is 16.2 Å². The maximum absolute atomic E-state index is 6.06. The van der Waals surface area contributed by atoms with Crippen LogP contribution in [0.4, 0.5) is 0 Å². The van der Waals surface area contributed by atoms with Gasteiger partial charge < -0.3 is 9.72 Å². The van der Waals surface area contributed by atoms with Crippen molar-refractivity contribution in [2.24, 2.45) is 0 Å². The minimum Gasteiger partial charge on any atom is -0.496 e. The van der Waals surface area contributed by atoms with E-state index in [9.17, 15) is 0 Å². The highest BCUT2D eigenvalue weighted by molar-refractivity contribution is 6.30. The third kappa shape index (κ3) is 2.66. The van der Waals surface area contributed by atoms with Crippen LogP contribution < -0.4 is 4.74 Å². The molecule has 0 spiro atoms. The molecular formula is C17H16ClNO. The summed E-state index contributed by atoms with van der Waals surface area (Å²) in [7, 11) is 1.69. The average molecular weight is 286 g/mol. The standard InChI is InChI=1S/C17H16ClNO/c1-20-17-9-7-14(18)10-13(17)6-8-15-11-12-4-2-3-5-16(12)19-15/h2-5,7,9-11,19H,6,8H2,1H3. The first-order chi connectivity index (χ1) is 9.76. The minimum atomic E-state index is 0.748. The van der Waals surface area contributed by atoms with E-state index in [0.29, 0.717) is 0 Å². The molecule has 0 saturated carbocycles. The molecule has 0 amide bonds. The number of aryl methyl sites for hydroxylation is 2. The number of fused-ring (bicyclic) bond motifs is 1. The first-order valence-electron chi connectivity index (χ1n) is 6.65. The Bertz CT molecular complexity index is 700. The summed E-state index contributed by atoms with van der Waals surface area (Å²) in [6.45, 7) is 0. The van der Waals surface area contributed by atoms with E-state index in [1.807, 2.05) is 24.3 Å². The van der Waals surface area contributed by atoms with Crippen molar-refractivity contribution in [1.29, 1.82) is 0 Å². The second-order valence-electron chi connectivity index (χ2n) is 4.84. The lowest BCUT2D eigenvalue weighted by Crippen LogP contribution is -1.95. The summed E-state index contributed by atoms with van der Waals surface area (Å²) in [5, 5.41) is 2.00. The molecule has 0 aliphatic rings. The SMILES string of the molecule is COc1ccc(Cl)cc1CCc1cc2ccccc2[nH]1. The van der Waals surface area contributed by atoms with Crippen molar-refractivity contribution in [3.8, 4) is 5.75 Å². The molecule has 2 nitrogen and oxygen atoms in total. The number of hydrogen-bond acceptors (Lipinski definition) is 1. The van der Waals surface area contributed by atoms with Gasteiger partial charge in [-0.3, -0.25) is 0 Å². The van der Waals surface area contributed by atoms with Gasteiger partial charge in [0.2, 0.25) is 0 Å². The summed E-state index contributed by atoms with van der Waals surface area (Å²) < 4.78 is 5.38. The van der Waals surface area contributed by atoms with E-state index in [0.717, 1.165) is 29.2 Å². The molecule has 3 heteroatoms. The Morgan fingerprint density at radius 2 is 1.90 bits per heavy atom. The summed E-state index contributed by atoms with van der Waals surface area (Å²) in [4.78, 5) is 3.44. The summed E-state index contributed by atoms with van der Waals surface area (Å²) in [5.41, 5.74) is 3.55. The van der Waals surface area contributed by atoms with Crippen LogP contribution in [0.3, 0.4) is 0 Å². The van der Waals surface area contributed by atoms with E-state index < -0.39 is 0 Å². The molecule has 0 bridgehead atoms. The van der Waals surface area contributed by atoms with Crippen molar-refractivity contribution in [2.45, 2.75) is 12.8 Å². The fourth-order valence-electron chi connectivity index (χ4n) is 2.48. The van der Waals surface area contributed by atoms with Gasteiger partial charge in [0.1, 0.15) is 5.75 Å². The number of rotatable bonds is 4. The van der Waals surface area contributed by atoms with Crippen molar-refractivity contribution < 1.29 is 4.74 Å². The summed E-state index contributed by atoms with van der Waals surface area (Å²) in [5.74, 6) is 0.894. The summed E-state index contributed by atoms with van der Waals surface area (Å²) >= 11 is 6.06. The lowest BCUT2D eigenvalue weighted by molar-refractivity contribution is 0.409. The smallest absolute Gasteiger partial charge is 0.122 e. The van der Waals surface area contributed by atoms with E-state index in [1.54, 1.807) is 7.11 Å². The summed E-state index contributed by atoms with van der Waals surface area (Å²) in [6.07, 6.45) is 1.84. The van der Waals surface area contributed by atoms with Crippen molar-refractivity contribution in [3.05, 3.63) is 64.8 Å². The van der Waals surface area contributed by atoms with E-state index in [4.69, 9.17) is 16.3 Å². The Morgan fingerprint density at radius 3 is 2.70 bits per heavy atom. The largest absolute Gasteiger partial charge is 0.496 e. The van der Waals surface area contributed by atoms with Crippen molar-refractivity contribution in [3.63, 3.8) is 0 Å². The number of methoxy groups -OCH3 is 1. The zero-order valence-electron chi connectivity index (χ0n) is 11.3. The molecule has 0 radical (unpaired) electrons. The van der Waals surface area contributed by atoms with Gasteiger partial charge in [-0.2, -0.15) is 0 Å². The zero-order chi connectivity index (χ0) is 13.9. The molecule has 0 unspecified atom stereocenters. The molecule has 1 heterocycles. The highest BCUT2D eigenvalue weighted by atomic mass is 35.5. The second kappa shape index (κ2) is 5.59. The van der Waals surface area contributed by atoms with Crippen molar-refractivity contribution >= 4 is 22.5 Å². The Hall–Kier alpha value is -1.93. The average Bonchev–Trinajstić information content (AvgIpc) is 2.88. The van der Waals surface area contributed by atoms with Crippen LogP contribution in [0.15, 0.2) is 48.5 Å². The molecule has 0 fully saturated rings. The number of para-hydroxylation sites is 1. The Balaban J connectivity index is 1.80. The molecule has 0 atom stereocenters. The van der Waals surface area contributed by atoms with E-state index in [1.165, 1.54) is 16.6 Å². The number of halogens is 1. The van der Waals surface area contributed by atoms with E-state index >= 15 is 0 Å². The maximum atomic E-state index is 6.06. The molecule has 20 heavy (non-hydrogen) atoms. The predicted octanol–water partition coefficient (Wildman–Crippen LogP) is 4.62. The lowest BCUT2D eigenvalue weighted by atomic mass is 10.1. The highest BCUT2D eigenvalue weighted by Crippen LogP contribution is 2.24. The predicted molar refractivity (Wildman–Crippen MR) is 83.7 cm³/mol. The fourth-order valence-corrected chi connectivity index (χ4v) is 2.67. The van der Waals surface area contributed by atoms with Gasteiger partial charge in [0.25, 0.3) is 0 Å². The quantitative estimate of drug-likeness (QED) is 0.744. The minimum absolute atomic E-state index is 0.748. The molecule has 3 aromatic rings. The van der Waals surface area contributed by atoms with Crippen LogP contribution in [0.25, 0.3) is 10.9 Å². The van der Waals surface area contributed by atoms with Crippen LogP contribution in [0.5, 0.6) is 5.75 Å². The van der Waals surface area contributed by atoms with Crippen LogP contribution in [0.1, 0.15) is 11.3 Å². The van der Waals surface area contributed by atoms with Gasteiger partial charge in [-0.25, -0.2) is 0 Å². The van der Waals surface area contributed by atoms with Crippen molar-refractivity contribution in [2.75, 3.05) is 7.11 Å². The van der Waals surface area contributed by atoms with Crippen LogP contribution in [-0.2, 0) is 12.8 Å². The zero-order valence-corrected chi connectivity index (χ0v) is 12.1. The summed E-state index contributed by atoms with van der Waals surface area (Å²) in [6, 6.07) is 16.3. The number of H-pyrrole nitrogens is 1. The van der Waals surface area contributed by atoms with Gasteiger partial charge in [0.05, 0.1) is 7.11 Å². The van der Waals surface area contributed by atoms with Gasteiger partial charge in [-0.05, 0) is 54.1 Å². The molecule has 102 valence electrons. The number of aromatic amines is 1. The lowest BCUT2D eigenvalue weighted by Gasteiger charge is -2.08. The van der Waals surface area contributed by atoms with Gasteiger partial charge in [0.15, 0.2) is 0 Å². The molecule has 0 saturated heterocycles. The van der Waals surface area contributed by atoms with E-state index in [2.05, 4.69) is 29.2 Å². The Kier molecular flexibility index (Phi) is 3.66. The second-order valence-corrected chi connectivity index (χ2v) is 5.27. The fraction of sp³-hybridized carbons (Fsp3) is 0.176. The molecule has 3 rings (SSSR count). The van der Waals surface area contributed by atoms with Crippen LogP contribution in [0.2, 0.25) is 5.02 Å². The Labute approximate surface area is 123 Å². The molecule has 0 aliphatic carbocycles. The number of ether oxygens (including phenoxy) is 1. The molecule has 0 aliphatic heterocycles. The first kappa shape index (κ1) is 13.1. The van der Waals surface area contributed by atoms with Crippen molar-refractivity contribution in [1.82, 2.24) is 4.98 Å². The van der Waals surface area contributed by atoms with Gasteiger partial charge >= 0.3 is 0 Å².